The fourth-order valence-electron chi connectivity index (χ4n) is 3.09. The third-order valence-corrected chi connectivity index (χ3v) is 4.19. The topological polar surface area (TPSA) is 80.8 Å². The number of carbonyl (C=O) groups is 2. The molecule has 1 aromatic rings. The van der Waals surface area contributed by atoms with E-state index in [-0.39, 0.29) is 24.3 Å². The Morgan fingerprint density at radius 2 is 2.13 bits per heavy atom. The van der Waals surface area contributed by atoms with Gasteiger partial charge in [0.1, 0.15) is 11.1 Å². The molecule has 23 heavy (non-hydrogen) atoms. The Hall–Kier alpha value is -2.15. The summed E-state index contributed by atoms with van der Waals surface area (Å²) < 4.78 is 10.5. The van der Waals surface area contributed by atoms with E-state index in [0.717, 1.165) is 12.1 Å². The van der Waals surface area contributed by atoms with E-state index < -0.39 is 5.54 Å². The summed E-state index contributed by atoms with van der Waals surface area (Å²) in [7, 11) is 4.57. The van der Waals surface area contributed by atoms with Gasteiger partial charge in [-0.1, -0.05) is 0 Å². The highest BCUT2D eigenvalue weighted by Crippen LogP contribution is 2.33. The first-order chi connectivity index (χ1) is 11.0. The maximum absolute atomic E-state index is 13.0. The molecule has 126 valence electrons. The fourth-order valence-corrected chi connectivity index (χ4v) is 3.09. The summed E-state index contributed by atoms with van der Waals surface area (Å²) in [5, 5.41) is 2.65. The van der Waals surface area contributed by atoms with E-state index in [0.29, 0.717) is 18.5 Å². The molecule has 2 heterocycles. The van der Waals surface area contributed by atoms with Crippen LogP contribution in [0.4, 0.5) is 0 Å². The van der Waals surface area contributed by atoms with Gasteiger partial charge in [0.2, 0.25) is 11.8 Å². The largest absolute Gasteiger partial charge is 0.480 e. The van der Waals surface area contributed by atoms with E-state index in [9.17, 15) is 9.59 Å². The van der Waals surface area contributed by atoms with Crippen molar-refractivity contribution in [1.29, 1.82) is 0 Å². The van der Waals surface area contributed by atoms with Crippen LogP contribution < -0.4 is 10.1 Å². The second-order valence-corrected chi connectivity index (χ2v) is 5.61. The highest BCUT2D eigenvalue weighted by Gasteiger charge is 2.50. The molecular formula is C16H23N3O4. The summed E-state index contributed by atoms with van der Waals surface area (Å²) in [4.78, 5) is 31.3. The molecule has 0 aliphatic carbocycles. The van der Waals surface area contributed by atoms with Crippen LogP contribution in [0, 0.1) is 6.92 Å². The highest BCUT2D eigenvalue weighted by atomic mass is 16.5. The normalized spacial score (nSPS) is 20.4. The first kappa shape index (κ1) is 17.2. The van der Waals surface area contributed by atoms with Gasteiger partial charge >= 0.3 is 0 Å². The maximum Gasteiger partial charge on any atom is 0.260 e. The lowest BCUT2D eigenvalue weighted by Gasteiger charge is -2.36. The van der Waals surface area contributed by atoms with Gasteiger partial charge in [-0.2, -0.15) is 0 Å². The first-order valence-electron chi connectivity index (χ1n) is 7.55. The molecule has 1 aromatic heterocycles. The number of ether oxygens (including phenoxy) is 2. The molecule has 1 saturated heterocycles. The van der Waals surface area contributed by atoms with Gasteiger partial charge in [0.05, 0.1) is 13.7 Å². The molecule has 1 fully saturated rings. The molecule has 2 rings (SSSR count). The number of rotatable bonds is 5. The zero-order chi connectivity index (χ0) is 17.0. The van der Waals surface area contributed by atoms with Crippen LogP contribution in [0.15, 0.2) is 12.1 Å². The number of likely N-dealkylation sites (tertiary alicyclic amines) is 1. The lowest BCUT2D eigenvalue weighted by atomic mass is 9.95. The number of nitrogens with one attached hydrogen (secondary N) is 1. The molecule has 7 heteroatoms. The first-order valence-corrected chi connectivity index (χ1v) is 7.55. The van der Waals surface area contributed by atoms with Crippen molar-refractivity contribution in [3.8, 4) is 5.88 Å². The number of nitrogens with zero attached hydrogens (tertiary/aromatic N) is 2. The van der Waals surface area contributed by atoms with Crippen molar-refractivity contribution in [2.45, 2.75) is 25.3 Å². The van der Waals surface area contributed by atoms with E-state index in [2.05, 4.69) is 10.3 Å². The fraction of sp³-hybridized carbons (Fsp3) is 0.562. The van der Waals surface area contributed by atoms with E-state index in [1.54, 1.807) is 24.1 Å². The SMILES string of the molecule is CNC(=O)C1(COC)CCCN1C(=O)c1ccc(C)nc1OC. The summed E-state index contributed by atoms with van der Waals surface area (Å²) in [6.45, 7) is 2.47. The van der Waals surface area contributed by atoms with Crippen molar-refractivity contribution in [2.75, 3.05) is 34.4 Å². The number of aromatic nitrogens is 1. The Kier molecular flexibility index (Phi) is 5.20. The zero-order valence-electron chi connectivity index (χ0n) is 14.0. The van der Waals surface area contributed by atoms with Gasteiger partial charge in [-0.05, 0) is 31.9 Å². The van der Waals surface area contributed by atoms with E-state index >= 15 is 0 Å². The van der Waals surface area contributed by atoms with Crippen LogP contribution in [0.25, 0.3) is 0 Å². The van der Waals surface area contributed by atoms with Crippen LogP contribution in [0.3, 0.4) is 0 Å². The van der Waals surface area contributed by atoms with Crippen LogP contribution in [0.2, 0.25) is 0 Å². The van der Waals surface area contributed by atoms with E-state index in [1.165, 1.54) is 14.2 Å². The predicted octanol–water partition coefficient (Wildman–Crippen LogP) is 0.766. The van der Waals surface area contributed by atoms with Crippen molar-refractivity contribution in [2.24, 2.45) is 0 Å². The molecular weight excluding hydrogens is 298 g/mol. The summed E-state index contributed by atoms with van der Waals surface area (Å²) >= 11 is 0. The number of aryl methyl sites for hydroxylation is 1. The van der Waals surface area contributed by atoms with Gasteiger partial charge < -0.3 is 19.7 Å². The van der Waals surface area contributed by atoms with Gasteiger partial charge in [-0.3, -0.25) is 9.59 Å². The number of amides is 2. The van der Waals surface area contributed by atoms with Gasteiger partial charge in [-0.25, -0.2) is 4.98 Å². The lowest BCUT2D eigenvalue weighted by molar-refractivity contribution is -0.133. The molecule has 0 bridgehead atoms. The van der Waals surface area contributed by atoms with Crippen molar-refractivity contribution in [3.63, 3.8) is 0 Å². The lowest BCUT2D eigenvalue weighted by Crippen LogP contribution is -2.59. The molecule has 1 atom stereocenters. The number of pyridine rings is 1. The molecule has 0 radical (unpaired) electrons. The van der Waals surface area contributed by atoms with Crippen molar-refractivity contribution < 1.29 is 19.1 Å². The third kappa shape index (κ3) is 3.01. The monoisotopic (exact) mass is 321 g/mol. The van der Waals surface area contributed by atoms with Crippen molar-refractivity contribution >= 4 is 11.8 Å². The van der Waals surface area contributed by atoms with Crippen molar-refractivity contribution in [1.82, 2.24) is 15.2 Å². The average molecular weight is 321 g/mol. The number of likely N-dealkylation sites (N-methyl/N-ethyl adjacent to an activating group) is 1. The van der Waals surface area contributed by atoms with Crippen LogP contribution in [-0.4, -0.2) is 61.7 Å². The van der Waals surface area contributed by atoms with Gasteiger partial charge in [-0.15, -0.1) is 0 Å². The molecule has 1 aliphatic rings. The highest BCUT2D eigenvalue weighted by molar-refractivity contribution is 6.01. The molecule has 1 aliphatic heterocycles. The second-order valence-electron chi connectivity index (χ2n) is 5.61. The van der Waals surface area contributed by atoms with E-state index in [4.69, 9.17) is 9.47 Å². The number of hydrogen-bond acceptors (Lipinski definition) is 5. The minimum atomic E-state index is -0.990. The number of hydrogen-bond donors (Lipinski definition) is 1. The van der Waals surface area contributed by atoms with Crippen LogP contribution >= 0.6 is 0 Å². The third-order valence-electron chi connectivity index (χ3n) is 4.19. The second kappa shape index (κ2) is 6.95. The van der Waals surface area contributed by atoms with E-state index in [1.807, 2.05) is 6.92 Å². The standard InChI is InChI=1S/C16H23N3O4/c1-11-6-7-12(13(18-11)23-4)14(20)19-9-5-8-16(19,10-22-3)15(21)17-2/h6-7H,5,8-10H2,1-4H3,(H,17,21). The summed E-state index contributed by atoms with van der Waals surface area (Å²) in [5.41, 5.74) is 0.120. The maximum atomic E-state index is 13.0. The molecule has 0 saturated carbocycles. The summed E-state index contributed by atoms with van der Waals surface area (Å²) in [6, 6.07) is 3.44. The van der Waals surface area contributed by atoms with Gasteiger partial charge in [0.25, 0.3) is 5.91 Å². The van der Waals surface area contributed by atoms with Gasteiger partial charge in [0, 0.05) is 26.4 Å². The zero-order valence-corrected chi connectivity index (χ0v) is 14.0. The van der Waals surface area contributed by atoms with Crippen LogP contribution in [0.1, 0.15) is 28.9 Å². The Labute approximate surface area is 136 Å². The Bertz CT molecular complexity index is 605. The van der Waals surface area contributed by atoms with Crippen LogP contribution in [0.5, 0.6) is 5.88 Å². The van der Waals surface area contributed by atoms with Crippen molar-refractivity contribution in [3.05, 3.63) is 23.4 Å². The molecule has 0 aromatic carbocycles. The molecule has 7 nitrogen and oxygen atoms in total. The van der Waals surface area contributed by atoms with Crippen LogP contribution in [-0.2, 0) is 9.53 Å². The Balaban J connectivity index is 2.42. The minimum Gasteiger partial charge on any atom is -0.480 e. The molecule has 1 unspecified atom stereocenters. The Morgan fingerprint density at radius 3 is 2.74 bits per heavy atom. The molecule has 1 N–H and O–H groups in total. The molecule has 2 amide bonds. The quantitative estimate of drug-likeness (QED) is 0.866. The predicted molar refractivity (Wildman–Crippen MR) is 84.5 cm³/mol. The molecule has 0 spiro atoms. The summed E-state index contributed by atoms with van der Waals surface area (Å²) in [5.74, 6) is -0.220. The number of methoxy groups -OCH3 is 2. The smallest absolute Gasteiger partial charge is 0.260 e. The minimum absolute atomic E-state index is 0.153. The number of carbonyl (C=O) groups excluding carboxylic acids is 2. The average Bonchev–Trinajstić information content (AvgIpc) is 2.98. The Morgan fingerprint density at radius 1 is 1.39 bits per heavy atom. The summed E-state index contributed by atoms with van der Waals surface area (Å²) in [6.07, 6.45) is 1.30. The van der Waals surface area contributed by atoms with Gasteiger partial charge in [0.15, 0.2) is 0 Å².